The molecule has 0 bridgehead atoms. The number of hydrogen-bond acceptors (Lipinski definition) is 4. The Bertz CT molecular complexity index is 1090. The van der Waals surface area contributed by atoms with Gasteiger partial charge in [-0.15, -0.1) is 11.3 Å². The third-order valence-corrected chi connectivity index (χ3v) is 5.38. The molecule has 1 amide bonds. The number of pyridine rings is 1. The number of thiophene rings is 1. The van der Waals surface area contributed by atoms with Crippen molar-refractivity contribution < 1.29 is 9.18 Å². The molecule has 5 nitrogen and oxygen atoms in total. The van der Waals surface area contributed by atoms with Gasteiger partial charge in [-0.3, -0.25) is 14.5 Å². The van der Waals surface area contributed by atoms with Crippen LogP contribution in [0.2, 0.25) is 0 Å². The number of nitrogens with one attached hydrogen (secondary N) is 1. The van der Waals surface area contributed by atoms with Crippen molar-refractivity contribution in [1.82, 2.24) is 20.1 Å². The number of benzene rings is 1. The highest BCUT2D eigenvalue weighted by molar-refractivity contribution is 7.20. The Kier molecular flexibility index (Phi) is 4.68. The monoisotopic (exact) mass is 380 g/mol. The van der Waals surface area contributed by atoms with E-state index >= 15 is 0 Å². The molecule has 7 heteroatoms. The van der Waals surface area contributed by atoms with Crippen LogP contribution in [0.1, 0.15) is 26.6 Å². The van der Waals surface area contributed by atoms with Gasteiger partial charge in [0.05, 0.1) is 29.4 Å². The quantitative estimate of drug-likeness (QED) is 0.571. The maximum Gasteiger partial charge on any atom is 0.261 e. The lowest BCUT2D eigenvalue weighted by atomic mass is 10.2. The van der Waals surface area contributed by atoms with Crippen molar-refractivity contribution in [3.05, 3.63) is 82.4 Å². The molecule has 0 unspecified atom stereocenters. The van der Waals surface area contributed by atoms with Crippen LogP contribution in [0.25, 0.3) is 10.2 Å². The number of halogens is 1. The number of hydrogen-bond donors (Lipinski definition) is 1. The number of rotatable bonds is 5. The van der Waals surface area contributed by atoms with Crippen LogP contribution in [0.3, 0.4) is 0 Å². The molecule has 0 aliphatic carbocycles. The molecule has 0 spiro atoms. The van der Waals surface area contributed by atoms with Crippen molar-refractivity contribution in [1.29, 1.82) is 0 Å². The zero-order valence-electron chi connectivity index (χ0n) is 14.6. The van der Waals surface area contributed by atoms with Gasteiger partial charge in [0, 0.05) is 11.6 Å². The minimum Gasteiger partial charge on any atom is -0.346 e. The highest BCUT2D eigenvalue weighted by atomic mass is 32.1. The van der Waals surface area contributed by atoms with Crippen molar-refractivity contribution in [2.75, 3.05) is 0 Å². The smallest absolute Gasteiger partial charge is 0.261 e. The summed E-state index contributed by atoms with van der Waals surface area (Å²) in [5, 5.41) is 8.41. The number of aryl methyl sites for hydroxylation is 1. The molecule has 0 atom stereocenters. The summed E-state index contributed by atoms with van der Waals surface area (Å²) in [5.41, 5.74) is 2.63. The van der Waals surface area contributed by atoms with E-state index in [0.29, 0.717) is 18.0 Å². The second kappa shape index (κ2) is 7.28. The third-order valence-electron chi connectivity index (χ3n) is 4.23. The molecule has 1 N–H and O–H groups in total. The van der Waals surface area contributed by atoms with Crippen LogP contribution in [0, 0.1) is 12.7 Å². The molecule has 0 saturated carbocycles. The van der Waals surface area contributed by atoms with E-state index in [1.807, 2.05) is 35.9 Å². The summed E-state index contributed by atoms with van der Waals surface area (Å²) in [6, 6.07) is 13.8. The van der Waals surface area contributed by atoms with Crippen LogP contribution < -0.4 is 5.32 Å². The Morgan fingerprint density at radius 3 is 2.78 bits per heavy atom. The molecule has 3 heterocycles. The summed E-state index contributed by atoms with van der Waals surface area (Å²) in [5.74, 6) is -0.391. The van der Waals surface area contributed by atoms with Crippen LogP contribution in [-0.2, 0) is 13.1 Å². The zero-order chi connectivity index (χ0) is 18.8. The number of carbonyl (C=O) groups is 1. The third kappa shape index (κ3) is 3.73. The number of aromatic nitrogens is 3. The zero-order valence-corrected chi connectivity index (χ0v) is 15.5. The molecule has 27 heavy (non-hydrogen) atoms. The van der Waals surface area contributed by atoms with Gasteiger partial charge in [-0.2, -0.15) is 5.10 Å². The van der Waals surface area contributed by atoms with Crippen molar-refractivity contribution in [3.8, 4) is 0 Å². The van der Waals surface area contributed by atoms with Crippen LogP contribution >= 0.6 is 11.3 Å². The summed E-state index contributed by atoms with van der Waals surface area (Å²) in [6.07, 6.45) is 1.70. The maximum absolute atomic E-state index is 13.1. The second-order valence-corrected chi connectivity index (χ2v) is 7.23. The first-order chi connectivity index (χ1) is 13.1. The van der Waals surface area contributed by atoms with E-state index in [9.17, 15) is 9.18 Å². The first kappa shape index (κ1) is 17.4. The first-order valence-electron chi connectivity index (χ1n) is 8.49. The predicted molar refractivity (Wildman–Crippen MR) is 103 cm³/mol. The molecule has 3 aromatic heterocycles. The van der Waals surface area contributed by atoms with Gasteiger partial charge in [-0.25, -0.2) is 4.39 Å². The van der Waals surface area contributed by atoms with E-state index in [-0.39, 0.29) is 11.7 Å². The summed E-state index contributed by atoms with van der Waals surface area (Å²) in [6.45, 7) is 2.83. The molecule has 0 fully saturated rings. The van der Waals surface area contributed by atoms with E-state index in [0.717, 1.165) is 27.2 Å². The molecule has 0 radical (unpaired) electrons. The number of nitrogens with zero attached hydrogens (tertiary/aromatic N) is 3. The molecule has 136 valence electrons. The average molecular weight is 380 g/mol. The number of amides is 1. The van der Waals surface area contributed by atoms with E-state index in [2.05, 4.69) is 15.4 Å². The highest BCUT2D eigenvalue weighted by Gasteiger charge is 2.16. The topological polar surface area (TPSA) is 59.8 Å². The van der Waals surface area contributed by atoms with Gasteiger partial charge < -0.3 is 5.32 Å². The molecule has 0 aliphatic rings. The first-order valence-corrected chi connectivity index (χ1v) is 9.31. The fraction of sp³-hybridized carbons (Fsp3) is 0.150. The lowest BCUT2D eigenvalue weighted by Crippen LogP contribution is -2.22. The van der Waals surface area contributed by atoms with Crippen molar-refractivity contribution in [2.45, 2.75) is 20.0 Å². The highest BCUT2D eigenvalue weighted by Crippen LogP contribution is 2.29. The van der Waals surface area contributed by atoms with E-state index < -0.39 is 0 Å². The van der Waals surface area contributed by atoms with Gasteiger partial charge in [0.1, 0.15) is 10.6 Å². The summed E-state index contributed by atoms with van der Waals surface area (Å²) < 4.78 is 15.0. The molecule has 0 aliphatic heterocycles. The molecule has 0 saturated heterocycles. The summed E-state index contributed by atoms with van der Waals surface area (Å²) in [4.78, 5) is 18.3. The normalized spacial score (nSPS) is 11.0. The standard InChI is InChI=1S/C20H17FN4OS/c1-13-17-10-18(19(26)23-11-16-4-2-3-9-22-16)27-20(17)25(24-13)12-14-5-7-15(21)8-6-14/h2-10H,11-12H2,1H3,(H,23,26). The van der Waals surface area contributed by atoms with Gasteiger partial charge in [0.2, 0.25) is 0 Å². The van der Waals surface area contributed by atoms with Crippen molar-refractivity contribution >= 4 is 27.5 Å². The fourth-order valence-electron chi connectivity index (χ4n) is 2.86. The Labute approximate surface area is 159 Å². The van der Waals surface area contributed by atoms with Gasteiger partial charge in [-0.1, -0.05) is 18.2 Å². The number of carbonyl (C=O) groups excluding carboxylic acids is 1. The molecular weight excluding hydrogens is 363 g/mol. The Hall–Kier alpha value is -3.06. The minimum atomic E-state index is -0.261. The van der Waals surface area contributed by atoms with Crippen molar-refractivity contribution in [2.24, 2.45) is 0 Å². The van der Waals surface area contributed by atoms with Crippen LogP contribution in [0.15, 0.2) is 54.7 Å². The molecule has 1 aromatic carbocycles. The van der Waals surface area contributed by atoms with Crippen LogP contribution in [0.5, 0.6) is 0 Å². The molecule has 4 rings (SSSR count). The maximum atomic E-state index is 13.1. The van der Waals surface area contributed by atoms with Crippen LogP contribution in [-0.4, -0.2) is 20.7 Å². The summed E-state index contributed by atoms with van der Waals surface area (Å²) >= 11 is 1.40. The molecule has 4 aromatic rings. The van der Waals surface area contributed by atoms with Crippen LogP contribution in [0.4, 0.5) is 4.39 Å². The fourth-order valence-corrected chi connectivity index (χ4v) is 3.93. The lowest BCUT2D eigenvalue weighted by Gasteiger charge is -2.04. The van der Waals surface area contributed by atoms with Gasteiger partial charge in [-0.05, 0) is 42.8 Å². The van der Waals surface area contributed by atoms with Crippen molar-refractivity contribution in [3.63, 3.8) is 0 Å². The summed E-state index contributed by atoms with van der Waals surface area (Å²) in [7, 11) is 0. The number of fused-ring (bicyclic) bond motifs is 1. The Balaban J connectivity index is 1.55. The van der Waals surface area contributed by atoms with E-state index in [4.69, 9.17) is 0 Å². The second-order valence-electron chi connectivity index (χ2n) is 6.20. The SMILES string of the molecule is Cc1nn(Cc2ccc(F)cc2)c2sc(C(=O)NCc3ccccn3)cc12. The Morgan fingerprint density at radius 2 is 2.04 bits per heavy atom. The van der Waals surface area contributed by atoms with E-state index in [1.165, 1.54) is 23.5 Å². The minimum absolute atomic E-state index is 0.130. The van der Waals surface area contributed by atoms with E-state index in [1.54, 1.807) is 18.3 Å². The Morgan fingerprint density at radius 1 is 1.22 bits per heavy atom. The largest absolute Gasteiger partial charge is 0.346 e. The van der Waals surface area contributed by atoms with Gasteiger partial charge in [0.15, 0.2) is 0 Å². The van der Waals surface area contributed by atoms with Gasteiger partial charge >= 0.3 is 0 Å². The van der Waals surface area contributed by atoms with Gasteiger partial charge in [0.25, 0.3) is 5.91 Å². The average Bonchev–Trinajstić information content (AvgIpc) is 3.24. The lowest BCUT2D eigenvalue weighted by molar-refractivity contribution is 0.0954. The molecular formula is C20H17FN4OS. The predicted octanol–water partition coefficient (Wildman–Crippen LogP) is 3.92.